The molecule has 0 radical (unpaired) electrons. The summed E-state index contributed by atoms with van der Waals surface area (Å²) in [5, 5.41) is 19.3. The van der Waals surface area contributed by atoms with E-state index in [0.29, 0.717) is 27.8 Å². The van der Waals surface area contributed by atoms with Crippen LogP contribution in [0.3, 0.4) is 0 Å². The van der Waals surface area contributed by atoms with Crippen molar-refractivity contribution >= 4 is 44.9 Å². The molecule has 1 aliphatic rings. The number of thiocarbonyl (C=S) groups is 1. The summed E-state index contributed by atoms with van der Waals surface area (Å²) in [4.78, 5) is 13.0. The summed E-state index contributed by atoms with van der Waals surface area (Å²) in [7, 11) is 1.47. The number of carbonyl (C=O) groups is 1. The zero-order valence-electron chi connectivity index (χ0n) is 14.7. The maximum atomic E-state index is 13.0. The molecule has 0 spiro atoms. The van der Waals surface area contributed by atoms with E-state index in [1.807, 2.05) is 24.3 Å². The maximum absolute atomic E-state index is 13.0. The number of nitrogens with one attached hydrogen (secondary N) is 3. The number of allylic oxidation sites excluding steroid dienone is 1. The first-order chi connectivity index (χ1) is 12.9. The van der Waals surface area contributed by atoms with Gasteiger partial charge in [-0.3, -0.25) is 4.79 Å². The molecule has 140 valence electrons. The molecule has 27 heavy (non-hydrogen) atoms. The Bertz CT molecular complexity index is 928. The highest BCUT2D eigenvalue weighted by molar-refractivity contribution is 9.10. The Hall–Kier alpha value is -2.58. The van der Waals surface area contributed by atoms with E-state index in [9.17, 15) is 9.90 Å². The standard InChI is InChI=1S/C19H18BrN3O3S/c1-10-16(18(25)22-13-6-4-12(20)5-7-13)17(23-19(27)21-10)11-3-8-14(24)15(9-11)26-2/h3-9,17,24H,1-2H3,(H,22,25)(H2,21,23,27)/t17-/m1/s1. The molecule has 0 bridgehead atoms. The quantitative estimate of drug-likeness (QED) is 0.536. The number of methoxy groups -OCH3 is 1. The Labute approximate surface area is 170 Å². The normalized spacial score (nSPS) is 16.4. The van der Waals surface area contributed by atoms with Crippen molar-refractivity contribution in [1.82, 2.24) is 10.6 Å². The molecule has 0 aromatic heterocycles. The van der Waals surface area contributed by atoms with Crippen LogP contribution in [0.1, 0.15) is 18.5 Å². The van der Waals surface area contributed by atoms with Gasteiger partial charge >= 0.3 is 0 Å². The summed E-state index contributed by atoms with van der Waals surface area (Å²) in [6.45, 7) is 1.80. The van der Waals surface area contributed by atoms with Gasteiger partial charge in [-0.2, -0.15) is 0 Å². The van der Waals surface area contributed by atoms with Gasteiger partial charge in [0.05, 0.1) is 18.7 Å². The molecule has 6 nitrogen and oxygen atoms in total. The molecule has 1 amide bonds. The van der Waals surface area contributed by atoms with Gasteiger partial charge in [0.15, 0.2) is 16.6 Å². The fourth-order valence-electron chi connectivity index (χ4n) is 2.85. The lowest BCUT2D eigenvalue weighted by molar-refractivity contribution is -0.113. The first-order valence-corrected chi connectivity index (χ1v) is 9.31. The second-order valence-corrected chi connectivity index (χ2v) is 7.29. The summed E-state index contributed by atoms with van der Waals surface area (Å²) in [5.41, 5.74) is 2.58. The van der Waals surface area contributed by atoms with Crippen molar-refractivity contribution in [3.8, 4) is 11.5 Å². The van der Waals surface area contributed by atoms with Crippen LogP contribution in [0.5, 0.6) is 11.5 Å². The van der Waals surface area contributed by atoms with E-state index < -0.39 is 6.04 Å². The van der Waals surface area contributed by atoms with E-state index in [2.05, 4.69) is 31.9 Å². The average molecular weight is 448 g/mol. The van der Waals surface area contributed by atoms with Gasteiger partial charge in [0, 0.05) is 15.9 Å². The van der Waals surface area contributed by atoms with Crippen LogP contribution in [0.25, 0.3) is 0 Å². The Morgan fingerprint density at radius 2 is 1.96 bits per heavy atom. The van der Waals surface area contributed by atoms with Crippen LogP contribution in [-0.2, 0) is 4.79 Å². The second kappa shape index (κ2) is 7.98. The van der Waals surface area contributed by atoms with Gasteiger partial charge in [0.2, 0.25) is 0 Å². The number of anilines is 1. The number of amides is 1. The lowest BCUT2D eigenvalue weighted by Gasteiger charge is -2.30. The topological polar surface area (TPSA) is 82.6 Å². The monoisotopic (exact) mass is 447 g/mol. The number of benzene rings is 2. The van der Waals surface area contributed by atoms with Crippen molar-refractivity contribution in [3.63, 3.8) is 0 Å². The molecule has 1 heterocycles. The van der Waals surface area contributed by atoms with E-state index in [0.717, 1.165) is 10.0 Å². The van der Waals surface area contributed by atoms with Crippen molar-refractivity contribution in [2.24, 2.45) is 0 Å². The lowest BCUT2D eigenvalue weighted by Crippen LogP contribution is -2.45. The fourth-order valence-corrected chi connectivity index (χ4v) is 3.39. The van der Waals surface area contributed by atoms with E-state index >= 15 is 0 Å². The number of aromatic hydroxyl groups is 1. The fraction of sp³-hybridized carbons (Fsp3) is 0.158. The Morgan fingerprint density at radius 1 is 1.26 bits per heavy atom. The number of hydrogen-bond acceptors (Lipinski definition) is 4. The van der Waals surface area contributed by atoms with Crippen LogP contribution in [-0.4, -0.2) is 23.2 Å². The first kappa shape index (κ1) is 19.2. The number of hydrogen-bond donors (Lipinski definition) is 4. The number of carbonyl (C=O) groups excluding carboxylic acids is 1. The van der Waals surface area contributed by atoms with Gasteiger partial charge in [0.1, 0.15) is 0 Å². The van der Waals surface area contributed by atoms with Crippen LogP contribution in [0, 0.1) is 0 Å². The molecule has 2 aromatic rings. The highest BCUT2D eigenvalue weighted by Gasteiger charge is 2.30. The molecule has 0 saturated heterocycles. The molecule has 3 rings (SSSR count). The van der Waals surface area contributed by atoms with E-state index in [-0.39, 0.29) is 11.7 Å². The molecule has 1 aliphatic heterocycles. The van der Waals surface area contributed by atoms with Crippen molar-refractivity contribution in [2.45, 2.75) is 13.0 Å². The minimum absolute atomic E-state index is 0.0272. The van der Waals surface area contributed by atoms with Crippen LogP contribution >= 0.6 is 28.1 Å². The van der Waals surface area contributed by atoms with Crippen molar-refractivity contribution in [1.29, 1.82) is 0 Å². The number of rotatable bonds is 4. The summed E-state index contributed by atoms with van der Waals surface area (Å²) < 4.78 is 6.11. The molecule has 1 atom stereocenters. The molecular formula is C19H18BrN3O3S. The maximum Gasteiger partial charge on any atom is 0.255 e. The predicted molar refractivity (Wildman–Crippen MR) is 112 cm³/mol. The number of phenolic OH excluding ortho intramolecular Hbond substituents is 1. The largest absolute Gasteiger partial charge is 0.504 e. The van der Waals surface area contributed by atoms with Crippen molar-refractivity contribution in [2.75, 3.05) is 12.4 Å². The van der Waals surface area contributed by atoms with Crippen LogP contribution < -0.4 is 20.7 Å². The number of ether oxygens (including phenoxy) is 1. The molecule has 4 N–H and O–H groups in total. The van der Waals surface area contributed by atoms with Gasteiger partial charge in [-0.05, 0) is 61.1 Å². The Morgan fingerprint density at radius 3 is 2.63 bits per heavy atom. The third kappa shape index (κ3) is 4.23. The Kier molecular flexibility index (Phi) is 5.67. The van der Waals surface area contributed by atoms with Crippen LogP contribution in [0.15, 0.2) is 58.2 Å². The molecule has 8 heteroatoms. The first-order valence-electron chi connectivity index (χ1n) is 8.11. The molecule has 2 aromatic carbocycles. The lowest BCUT2D eigenvalue weighted by atomic mass is 9.94. The zero-order valence-corrected chi connectivity index (χ0v) is 17.1. The van der Waals surface area contributed by atoms with Gasteiger partial charge < -0.3 is 25.8 Å². The summed E-state index contributed by atoms with van der Waals surface area (Å²) in [6.07, 6.45) is 0. The molecule has 0 saturated carbocycles. The van der Waals surface area contributed by atoms with Gasteiger partial charge in [-0.25, -0.2) is 0 Å². The summed E-state index contributed by atoms with van der Waals surface area (Å²) in [6, 6.07) is 11.8. The summed E-state index contributed by atoms with van der Waals surface area (Å²) in [5.74, 6) is 0.0952. The van der Waals surface area contributed by atoms with E-state index in [4.69, 9.17) is 17.0 Å². The van der Waals surface area contributed by atoms with Crippen LogP contribution in [0.4, 0.5) is 5.69 Å². The third-order valence-corrected chi connectivity index (χ3v) is 4.90. The van der Waals surface area contributed by atoms with Gasteiger partial charge in [-0.1, -0.05) is 22.0 Å². The Balaban J connectivity index is 1.96. The molecule has 0 aliphatic carbocycles. The minimum Gasteiger partial charge on any atom is -0.504 e. The third-order valence-electron chi connectivity index (χ3n) is 4.15. The van der Waals surface area contributed by atoms with E-state index in [1.54, 1.807) is 19.1 Å². The minimum atomic E-state index is -0.483. The van der Waals surface area contributed by atoms with E-state index in [1.165, 1.54) is 13.2 Å². The van der Waals surface area contributed by atoms with Crippen LogP contribution in [0.2, 0.25) is 0 Å². The number of halogens is 1. The number of phenols is 1. The second-order valence-electron chi connectivity index (χ2n) is 5.96. The van der Waals surface area contributed by atoms with Gasteiger partial charge in [0.25, 0.3) is 5.91 Å². The predicted octanol–water partition coefficient (Wildman–Crippen LogP) is 3.59. The van der Waals surface area contributed by atoms with Crippen molar-refractivity contribution < 1.29 is 14.6 Å². The van der Waals surface area contributed by atoms with Gasteiger partial charge in [-0.15, -0.1) is 0 Å². The zero-order chi connectivity index (χ0) is 19.6. The molecular weight excluding hydrogens is 430 g/mol. The smallest absolute Gasteiger partial charge is 0.255 e. The highest BCUT2D eigenvalue weighted by atomic mass is 79.9. The summed E-state index contributed by atoms with van der Waals surface area (Å²) >= 11 is 8.63. The van der Waals surface area contributed by atoms with Crippen molar-refractivity contribution in [3.05, 3.63) is 63.8 Å². The average Bonchev–Trinajstić information content (AvgIpc) is 2.63. The highest BCUT2D eigenvalue weighted by Crippen LogP contribution is 2.33. The SMILES string of the molecule is COc1cc([C@H]2NC(=S)NC(C)=C2C(=O)Nc2ccc(Br)cc2)ccc1O. The molecule has 0 fully saturated rings. The molecule has 0 unspecified atom stereocenters.